The summed E-state index contributed by atoms with van der Waals surface area (Å²) in [6, 6.07) is 22.0. The Morgan fingerprint density at radius 3 is 2.30 bits per heavy atom. The summed E-state index contributed by atoms with van der Waals surface area (Å²) in [6.07, 6.45) is 0. The van der Waals surface area contributed by atoms with Gasteiger partial charge in [0, 0.05) is 16.3 Å². The van der Waals surface area contributed by atoms with Crippen molar-refractivity contribution in [2.75, 3.05) is 6.61 Å². The SMILES string of the molecule is CCOc1cc(-c2nc3c4ccccc4c4ccccc4c3[nH]2)ccc1O. The maximum absolute atomic E-state index is 9.98. The molecule has 4 nitrogen and oxygen atoms in total. The average Bonchev–Trinajstić information content (AvgIpc) is 3.16. The largest absolute Gasteiger partial charge is 0.504 e. The topological polar surface area (TPSA) is 58.1 Å². The molecule has 0 saturated heterocycles. The van der Waals surface area contributed by atoms with Gasteiger partial charge in [-0.25, -0.2) is 4.98 Å². The van der Waals surface area contributed by atoms with E-state index < -0.39 is 0 Å². The van der Waals surface area contributed by atoms with Crippen molar-refractivity contribution in [1.82, 2.24) is 9.97 Å². The first-order chi connectivity index (χ1) is 13.3. The number of ether oxygens (including phenoxy) is 1. The Balaban J connectivity index is 1.83. The van der Waals surface area contributed by atoms with Gasteiger partial charge >= 0.3 is 0 Å². The Bertz CT molecular complexity index is 1230. The van der Waals surface area contributed by atoms with Gasteiger partial charge in [0.2, 0.25) is 0 Å². The molecule has 1 aromatic heterocycles. The maximum atomic E-state index is 9.98. The van der Waals surface area contributed by atoms with Crippen molar-refractivity contribution >= 4 is 32.6 Å². The Hall–Kier alpha value is -3.53. The van der Waals surface area contributed by atoms with Crippen LogP contribution in [0.3, 0.4) is 0 Å². The molecule has 0 aliphatic rings. The van der Waals surface area contributed by atoms with Crippen LogP contribution < -0.4 is 4.74 Å². The number of hydrogen-bond donors (Lipinski definition) is 2. The molecule has 0 amide bonds. The summed E-state index contributed by atoms with van der Waals surface area (Å²) in [4.78, 5) is 8.39. The second-order valence-electron chi connectivity index (χ2n) is 6.52. The lowest BCUT2D eigenvalue weighted by atomic mass is 10.0. The molecular formula is C23H18N2O2. The normalized spacial score (nSPS) is 11.4. The zero-order valence-electron chi connectivity index (χ0n) is 14.9. The predicted octanol–water partition coefficient (Wildman–Crippen LogP) is 5.64. The highest BCUT2D eigenvalue weighted by molar-refractivity contribution is 6.23. The van der Waals surface area contributed by atoms with Crippen LogP contribution in [-0.2, 0) is 0 Å². The van der Waals surface area contributed by atoms with Crippen molar-refractivity contribution in [1.29, 1.82) is 0 Å². The lowest BCUT2D eigenvalue weighted by Gasteiger charge is -2.06. The third kappa shape index (κ3) is 2.41. The molecule has 4 aromatic carbocycles. The summed E-state index contributed by atoms with van der Waals surface area (Å²) in [5, 5.41) is 14.6. The molecule has 0 atom stereocenters. The van der Waals surface area contributed by atoms with Crippen molar-refractivity contribution in [2.24, 2.45) is 0 Å². The van der Waals surface area contributed by atoms with Crippen molar-refractivity contribution in [2.45, 2.75) is 6.92 Å². The van der Waals surface area contributed by atoms with Crippen LogP contribution in [0, 0.1) is 0 Å². The molecule has 0 radical (unpaired) electrons. The Kier molecular flexibility index (Phi) is 3.50. The number of benzene rings is 4. The molecule has 0 saturated carbocycles. The number of aromatic hydroxyl groups is 1. The number of nitrogens with one attached hydrogen (secondary N) is 1. The summed E-state index contributed by atoms with van der Waals surface area (Å²) >= 11 is 0. The fourth-order valence-corrected chi connectivity index (χ4v) is 3.69. The number of H-pyrrole nitrogens is 1. The van der Waals surface area contributed by atoms with Crippen molar-refractivity contribution in [3.63, 3.8) is 0 Å². The van der Waals surface area contributed by atoms with Crippen LogP contribution >= 0.6 is 0 Å². The van der Waals surface area contributed by atoms with E-state index in [9.17, 15) is 5.11 Å². The van der Waals surface area contributed by atoms with Gasteiger partial charge < -0.3 is 14.8 Å². The van der Waals surface area contributed by atoms with E-state index in [1.807, 2.05) is 31.2 Å². The van der Waals surface area contributed by atoms with E-state index in [0.29, 0.717) is 12.4 Å². The lowest BCUT2D eigenvalue weighted by molar-refractivity contribution is 0.318. The Morgan fingerprint density at radius 2 is 1.56 bits per heavy atom. The molecule has 0 fully saturated rings. The van der Waals surface area contributed by atoms with Gasteiger partial charge in [-0.1, -0.05) is 48.5 Å². The number of hydrogen-bond acceptors (Lipinski definition) is 3. The smallest absolute Gasteiger partial charge is 0.161 e. The van der Waals surface area contributed by atoms with Crippen LogP contribution in [0.5, 0.6) is 11.5 Å². The molecule has 2 N–H and O–H groups in total. The number of phenols is 1. The number of rotatable bonds is 3. The van der Waals surface area contributed by atoms with Crippen molar-refractivity contribution < 1.29 is 9.84 Å². The van der Waals surface area contributed by atoms with Gasteiger partial charge in [0.25, 0.3) is 0 Å². The van der Waals surface area contributed by atoms with E-state index in [1.165, 1.54) is 10.8 Å². The predicted molar refractivity (Wildman–Crippen MR) is 109 cm³/mol. The first-order valence-electron chi connectivity index (χ1n) is 9.01. The van der Waals surface area contributed by atoms with Gasteiger partial charge in [-0.15, -0.1) is 0 Å². The first-order valence-corrected chi connectivity index (χ1v) is 9.01. The van der Waals surface area contributed by atoms with Gasteiger partial charge in [-0.05, 0) is 35.9 Å². The third-order valence-corrected chi connectivity index (χ3v) is 4.91. The van der Waals surface area contributed by atoms with E-state index in [4.69, 9.17) is 9.72 Å². The van der Waals surface area contributed by atoms with Gasteiger partial charge in [0.15, 0.2) is 11.5 Å². The second kappa shape index (κ2) is 6.02. The quantitative estimate of drug-likeness (QED) is 0.412. The third-order valence-electron chi connectivity index (χ3n) is 4.91. The molecule has 5 rings (SSSR count). The van der Waals surface area contributed by atoms with Crippen molar-refractivity contribution in [3.05, 3.63) is 66.7 Å². The summed E-state index contributed by atoms with van der Waals surface area (Å²) in [7, 11) is 0. The molecule has 4 heteroatoms. The molecular weight excluding hydrogens is 336 g/mol. The highest BCUT2D eigenvalue weighted by Gasteiger charge is 2.14. The molecule has 0 aliphatic heterocycles. The van der Waals surface area contributed by atoms with E-state index in [2.05, 4.69) is 41.4 Å². The van der Waals surface area contributed by atoms with Gasteiger partial charge in [0.05, 0.1) is 17.6 Å². The van der Waals surface area contributed by atoms with Gasteiger partial charge in [-0.2, -0.15) is 0 Å². The monoisotopic (exact) mass is 354 g/mol. The molecule has 132 valence electrons. The highest BCUT2D eigenvalue weighted by Crippen LogP contribution is 2.36. The fourth-order valence-electron chi connectivity index (χ4n) is 3.69. The molecule has 0 aliphatic carbocycles. The number of aromatic nitrogens is 2. The van der Waals surface area contributed by atoms with E-state index in [0.717, 1.165) is 33.2 Å². The zero-order chi connectivity index (χ0) is 18.4. The lowest BCUT2D eigenvalue weighted by Crippen LogP contribution is -1.92. The van der Waals surface area contributed by atoms with Crippen LogP contribution in [-0.4, -0.2) is 21.7 Å². The molecule has 0 spiro atoms. The molecule has 5 aromatic rings. The molecule has 27 heavy (non-hydrogen) atoms. The van der Waals surface area contributed by atoms with Gasteiger partial charge in [-0.3, -0.25) is 0 Å². The van der Waals surface area contributed by atoms with Gasteiger partial charge in [0.1, 0.15) is 5.82 Å². The van der Waals surface area contributed by atoms with E-state index in [1.54, 1.807) is 6.07 Å². The second-order valence-corrected chi connectivity index (χ2v) is 6.52. The molecule has 0 bridgehead atoms. The number of imidazole rings is 1. The molecule has 1 heterocycles. The Labute approximate surface area is 156 Å². The minimum Gasteiger partial charge on any atom is -0.504 e. The maximum Gasteiger partial charge on any atom is 0.161 e. The van der Waals surface area contributed by atoms with Crippen LogP contribution in [0.25, 0.3) is 44.0 Å². The standard InChI is InChI=1S/C23H18N2O2/c1-2-27-20-13-14(11-12-19(20)26)23-24-21-17-9-5-3-7-15(17)16-8-4-6-10-18(16)22(21)25-23/h3-13,26H,2H2,1H3,(H,24,25). The van der Waals surface area contributed by atoms with Crippen LogP contribution in [0.1, 0.15) is 6.92 Å². The number of nitrogens with zero attached hydrogens (tertiary/aromatic N) is 1. The average molecular weight is 354 g/mol. The number of aromatic amines is 1. The first kappa shape index (κ1) is 15.7. The fraction of sp³-hybridized carbons (Fsp3) is 0.0870. The van der Waals surface area contributed by atoms with Crippen LogP contribution in [0.2, 0.25) is 0 Å². The Morgan fingerprint density at radius 1 is 0.889 bits per heavy atom. The van der Waals surface area contributed by atoms with Crippen molar-refractivity contribution in [3.8, 4) is 22.9 Å². The number of fused-ring (bicyclic) bond motifs is 6. The summed E-state index contributed by atoms with van der Waals surface area (Å²) in [6.45, 7) is 2.39. The summed E-state index contributed by atoms with van der Waals surface area (Å²) in [5.74, 6) is 1.35. The minimum absolute atomic E-state index is 0.132. The summed E-state index contributed by atoms with van der Waals surface area (Å²) in [5.41, 5.74) is 2.84. The highest BCUT2D eigenvalue weighted by atomic mass is 16.5. The van der Waals surface area contributed by atoms with E-state index >= 15 is 0 Å². The van der Waals surface area contributed by atoms with Crippen LogP contribution in [0.15, 0.2) is 66.7 Å². The zero-order valence-corrected chi connectivity index (χ0v) is 14.9. The minimum atomic E-state index is 0.132. The van der Waals surface area contributed by atoms with Crippen LogP contribution in [0.4, 0.5) is 0 Å². The van der Waals surface area contributed by atoms with E-state index in [-0.39, 0.29) is 5.75 Å². The summed E-state index contributed by atoms with van der Waals surface area (Å²) < 4.78 is 5.52. The number of phenolic OH excluding ortho intramolecular Hbond substituents is 1. The molecule has 0 unspecified atom stereocenters.